The lowest BCUT2D eigenvalue weighted by atomic mass is 10.2. The van der Waals surface area contributed by atoms with Crippen molar-refractivity contribution in [1.29, 1.82) is 0 Å². The summed E-state index contributed by atoms with van der Waals surface area (Å²) in [6, 6.07) is 0. The van der Waals surface area contributed by atoms with Crippen LogP contribution >= 0.6 is 22.9 Å². The quantitative estimate of drug-likeness (QED) is 0.649. The third-order valence-electron chi connectivity index (χ3n) is 2.20. The van der Waals surface area contributed by atoms with Gasteiger partial charge < -0.3 is 0 Å². The molecule has 0 amide bonds. The molecule has 60 valence electrons. The Labute approximate surface area is 75.4 Å². The number of hydrogen-bond acceptors (Lipinski definition) is 2. The number of alkyl halides is 1. The lowest BCUT2D eigenvalue weighted by molar-refractivity contribution is 0.776. The molecular formula is C8H10ClNS. The van der Waals surface area contributed by atoms with Gasteiger partial charge >= 0.3 is 0 Å². The molecule has 0 radical (unpaired) electrons. The summed E-state index contributed by atoms with van der Waals surface area (Å²) in [7, 11) is 0. The summed E-state index contributed by atoms with van der Waals surface area (Å²) in [5.74, 6) is 0.605. The van der Waals surface area contributed by atoms with E-state index >= 15 is 0 Å². The van der Waals surface area contributed by atoms with Gasteiger partial charge in [0.2, 0.25) is 0 Å². The molecular weight excluding hydrogens is 178 g/mol. The first-order valence-electron chi connectivity index (χ1n) is 3.76. The van der Waals surface area contributed by atoms with Crippen molar-refractivity contribution < 1.29 is 0 Å². The lowest BCUT2D eigenvalue weighted by Gasteiger charge is -1.99. The second-order valence-electron chi connectivity index (χ2n) is 3.33. The van der Waals surface area contributed by atoms with Gasteiger partial charge in [-0.1, -0.05) is 6.92 Å². The first-order valence-corrected chi connectivity index (χ1v) is 5.11. The molecule has 1 aliphatic carbocycles. The van der Waals surface area contributed by atoms with E-state index in [-0.39, 0.29) is 0 Å². The molecule has 0 saturated heterocycles. The first kappa shape index (κ1) is 7.56. The zero-order valence-corrected chi connectivity index (χ0v) is 8.00. The highest BCUT2D eigenvalue weighted by Gasteiger charge is 2.41. The van der Waals surface area contributed by atoms with Crippen molar-refractivity contribution in [2.75, 3.05) is 0 Å². The molecule has 0 unspecified atom stereocenters. The molecule has 1 aromatic heterocycles. The van der Waals surface area contributed by atoms with Crippen LogP contribution in [0.4, 0.5) is 0 Å². The maximum atomic E-state index is 5.68. The highest BCUT2D eigenvalue weighted by molar-refractivity contribution is 7.12. The minimum atomic E-state index is 0.412. The van der Waals surface area contributed by atoms with Gasteiger partial charge in [-0.15, -0.1) is 22.9 Å². The van der Waals surface area contributed by atoms with E-state index < -0.39 is 0 Å². The summed E-state index contributed by atoms with van der Waals surface area (Å²) in [5.41, 5.74) is 0.412. The van der Waals surface area contributed by atoms with Crippen LogP contribution in [0.5, 0.6) is 0 Å². The molecule has 1 nitrogen and oxygen atoms in total. The summed E-state index contributed by atoms with van der Waals surface area (Å²) in [6.45, 7) is 2.27. The number of halogens is 1. The summed E-state index contributed by atoms with van der Waals surface area (Å²) >= 11 is 7.44. The highest BCUT2D eigenvalue weighted by atomic mass is 35.5. The summed E-state index contributed by atoms with van der Waals surface area (Å²) in [4.78, 5) is 5.54. The molecule has 0 N–H and O–H groups in total. The van der Waals surface area contributed by atoms with Gasteiger partial charge in [-0.05, 0) is 12.8 Å². The van der Waals surface area contributed by atoms with Gasteiger partial charge in [-0.2, -0.15) is 0 Å². The van der Waals surface area contributed by atoms with E-state index in [1.807, 2.05) is 6.20 Å². The molecule has 1 fully saturated rings. The van der Waals surface area contributed by atoms with Crippen LogP contribution in [0.25, 0.3) is 0 Å². The number of nitrogens with zero attached hydrogens (tertiary/aromatic N) is 1. The maximum absolute atomic E-state index is 5.68. The van der Waals surface area contributed by atoms with Crippen molar-refractivity contribution in [2.45, 2.75) is 31.1 Å². The molecule has 0 bridgehead atoms. The Morgan fingerprint density at radius 1 is 1.73 bits per heavy atom. The summed E-state index contributed by atoms with van der Waals surface area (Å²) < 4.78 is 0. The Balaban J connectivity index is 2.25. The number of aromatic nitrogens is 1. The van der Waals surface area contributed by atoms with Crippen LogP contribution in [-0.2, 0) is 11.3 Å². The Kier molecular flexibility index (Phi) is 1.69. The monoisotopic (exact) mass is 187 g/mol. The smallest absolute Gasteiger partial charge is 0.0987 e. The number of rotatable bonds is 2. The van der Waals surface area contributed by atoms with Crippen LogP contribution in [0.2, 0.25) is 0 Å². The average molecular weight is 188 g/mol. The van der Waals surface area contributed by atoms with Gasteiger partial charge in [0.05, 0.1) is 10.9 Å². The third kappa shape index (κ3) is 1.30. The molecule has 1 heterocycles. The minimum Gasteiger partial charge on any atom is -0.249 e. The molecule has 3 heteroatoms. The van der Waals surface area contributed by atoms with Gasteiger partial charge in [0.1, 0.15) is 0 Å². The fourth-order valence-corrected chi connectivity index (χ4v) is 2.25. The number of hydrogen-bond donors (Lipinski definition) is 0. The lowest BCUT2D eigenvalue weighted by Crippen LogP contribution is -1.96. The van der Waals surface area contributed by atoms with Gasteiger partial charge in [-0.3, -0.25) is 0 Å². The standard InChI is InChI=1S/C8H10ClNS/c1-8(2-3-8)7-10-5-6(4-9)11-7/h5H,2-4H2,1H3. The van der Waals surface area contributed by atoms with Gasteiger partial charge in [0.25, 0.3) is 0 Å². The molecule has 0 atom stereocenters. The van der Waals surface area contributed by atoms with E-state index in [1.54, 1.807) is 11.3 Å². The van der Waals surface area contributed by atoms with Crippen LogP contribution in [0, 0.1) is 0 Å². The summed E-state index contributed by atoms with van der Waals surface area (Å²) in [6.07, 6.45) is 4.49. The van der Waals surface area contributed by atoms with Crippen molar-refractivity contribution >= 4 is 22.9 Å². The molecule has 2 rings (SSSR count). The fourth-order valence-electron chi connectivity index (χ4n) is 1.05. The highest BCUT2D eigenvalue weighted by Crippen LogP contribution is 2.48. The molecule has 1 saturated carbocycles. The van der Waals surface area contributed by atoms with Gasteiger partial charge in [0, 0.05) is 16.5 Å². The molecule has 11 heavy (non-hydrogen) atoms. The molecule has 0 spiro atoms. The van der Waals surface area contributed by atoms with Crippen LogP contribution in [0.1, 0.15) is 29.7 Å². The topological polar surface area (TPSA) is 12.9 Å². The Morgan fingerprint density at radius 3 is 2.91 bits per heavy atom. The summed E-state index contributed by atoms with van der Waals surface area (Å²) in [5, 5.41) is 1.27. The largest absolute Gasteiger partial charge is 0.249 e. The maximum Gasteiger partial charge on any atom is 0.0987 e. The first-order chi connectivity index (χ1) is 5.24. The molecule has 1 aliphatic rings. The van der Waals surface area contributed by atoms with E-state index in [2.05, 4.69) is 11.9 Å². The molecule has 0 aromatic carbocycles. The van der Waals surface area contributed by atoms with E-state index in [9.17, 15) is 0 Å². The SMILES string of the molecule is CC1(c2ncc(CCl)s2)CC1. The van der Waals surface area contributed by atoms with Crippen LogP contribution in [-0.4, -0.2) is 4.98 Å². The molecule has 1 aromatic rings. The van der Waals surface area contributed by atoms with E-state index in [0.717, 1.165) is 0 Å². The van der Waals surface area contributed by atoms with Crippen molar-refractivity contribution in [3.05, 3.63) is 16.1 Å². The Morgan fingerprint density at radius 2 is 2.45 bits per heavy atom. The van der Waals surface area contributed by atoms with Crippen molar-refractivity contribution in [3.8, 4) is 0 Å². The predicted octanol–water partition coefficient (Wildman–Crippen LogP) is 2.93. The van der Waals surface area contributed by atoms with Gasteiger partial charge in [0.15, 0.2) is 0 Å². The van der Waals surface area contributed by atoms with Crippen LogP contribution in [0.3, 0.4) is 0 Å². The zero-order chi connectivity index (χ0) is 7.90. The van der Waals surface area contributed by atoms with E-state index in [0.29, 0.717) is 11.3 Å². The predicted molar refractivity (Wildman–Crippen MR) is 48.3 cm³/mol. The zero-order valence-electron chi connectivity index (χ0n) is 6.43. The normalized spacial score (nSPS) is 20.2. The van der Waals surface area contributed by atoms with Crippen molar-refractivity contribution in [1.82, 2.24) is 4.98 Å². The second-order valence-corrected chi connectivity index (χ2v) is 4.71. The minimum absolute atomic E-state index is 0.412. The van der Waals surface area contributed by atoms with Crippen molar-refractivity contribution in [2.24, 2.45) is 0 Å². The number of thiazole rings is 1. The second kappa shape index (κ2) is 2.46. The van der Waals surface area contributed by atoms with E-state index in [4.69, 9.17) is 11.6 Å². The van der Waals surface area contributed by atoms with Crippen LogP contribution < -0.4 is 0 Å². The third-order valence-corrected chi connectivity index (χ3v) is 3.95. The fraction of sp³-hybridized carbons (Fsp3) is 0.625. The average Bonchev–Trinajstić information content (AvgIpc) is 2.61. The van der Waals surface area contributed by atoms with Crippen LogP contribution in [0.15, 0.2) is 6.20 Å². The van der Waals surface area contributed by atoms with Crippen molar-refractivity contribution in [3.63, 3.8) is 0 Å². The Bertz CT molecular complexity index is 265. The van der Waals surface area contributed by atoms with E-state index in [1.165, 1.54) is 22.7 Å². The van der Waals surface area contributed by atoms with Gasteiger partial charge in [-0.25, -0.2) is 4.98 Å². The molecule has 0 aliphatic heterocycles. The Hall–Kier alpha value is -0.0800.